The third-order valence-corrected chi connectivity index (χ3v) is 3.40. The van der Waals surface area contributed by atoms with Gasteiger partial charge in [0.15, 0.2) is 6.10 Å². The summed E-state index contributed by atoms with van der Waals surface area (Å²) in [4.78, 5) is 12.6. The molecule has 3 aromatic rings. The van der Waals surface area contributed by atoms with Crippen LogP contribution >= 0.6 is 0 Å². The molecule has 7 nitrogen and oxygen atoms in total. The van der Waals surface area contributed by atoms with Crippen LogP contribution in [-0.4, -0.2) is 32.7 Å². The van der Waals surface area contributed by atoms with Crippen molar-refractivity contribution < 1.29 is 9.53 Å². The van der Waals surface area contributed by atoms with Gasteiger partial charge in [-0.25, -0.2) is 4.68 Å². The number of hydrogen-bond acceptors (Lipinski definition) is 5. The van der Waals surface area contributed by atoms with Crippen LogP contribution in [-0.2, 0) is 9.53 Å². The molecule has 1 atom stereocenters. The second-order valence-corrected chi connectivity index (χ2v) is 5.04. The fraction of sp³-hybridized carbons (Fsp3) is 0.176. The van der Waals surface area contributed by atoms with Gasteiger partial charge in [-0.2, -0.15) is 0 Å². The highest BCUT2D eigenvalue weighted by Crippen LogP contribution is 2.21. The summed E-state index contributed by atoms with van der Waals surface area (Å²) < 4.78 is 7.14. The van der Waals surface area contributed by atoms with Crippen molar-refractivity contribution in [3.05, 3.63) is 66.5 Å². The molecule has 24 heavy (non-hydrogen) atoms. The van der Waals surface area contributed by atoms with Gasteiger partial charge in [-0.1, -0.05) is 36.4 Å². The van der Waals surface area contributed by atoms with Crippen molar-refractivity contribution in [1.82, 2.24) is 20.2 Å². The number of amides is 1. The molecule has 0 unspecified atom stereocenters. The van der Waals surface area contributed by atoms with Crippen molar-refractivity contribution in [3.63, 3.8) is 0 Å². The predicted molar refractivity (Wildman–Crippen MR) is 88.6 cm³/mol. The molecule has 1 amide bonds. The van der Waals surface area contributed by atoms with Gasteiger partial charge in [0.05, 0.1) is 5.69 Å². The first-order valence-electron chi connectivity index (χ1n) is 7.59. The number of carbonyl (C=O) groups is 1. The number of carbonyl (C=O) groups excluding carboxylic acids is 1. The number of ether oxygens (including phenoxy) is 1. The Morgan fingerprint density at radius 1 is 1.21 bits per heavy atom. The number of nitrogens with zero attached hydrogens (tertiary/aromatic N) is 4. The maximum absolute atomic E-state index is 12.6. The third-order valence-electron chi connectivity index (χ3n) is 3.40. The minimum absolute atomic E-state index is 0.225. The van der Waals surface area contributed by atoms with Crippen LogP contribution in [0.25, 0.3) is 5.69 Å². The van der Waals surface area contributed by atoms with Gasteiger partial charge in [0.1, 0.15) is 6.33 Å². The summed E-state index contributed by atoms with van der Waals surface area (Å²) in [5.74, 6) is -0.225. The Hall–Kier alpha value is -3.06. The average Bonchev–Trinajstić information content (AvgIpc) is 3.15. The van der Waals surface area contributed by atoms with Gasteiger partial charge in [0.2, 0.25) is 0 Å². The summed E-state index contributed by atoms with van der Waals surface area (Å²) in [6.07, 6.45) is 0.835. The summed E-state index contributed by atoms with van der Waals surface area (Å²) in [6, 6.07) is 16.7. The van der Waals surface area contributed by atoms with Crippen molar-refractivity contribution in [2.75, 3.05) is 11.9 Å². The number of anilines is 1. The van der Waals surface area contributed by atoms with E-state index in [0.717, 1.165) is 11.3 Å². The van der Waals surface area contributed by atoms with Gasteiger partial charge in [0.25, 0.3) is 5.91 Å². The lowest BCUT2D eigenvalue weighted by molar-refractivity contribution is -0.127. The number of rotatable bonds is 6. The van der Waals surface area contributed by atoms with Crippen molar-refractivity contribution in [2.45, 2.75) is 13.0 Å². The fourth-order valence-electron chi connectivity index (χ4n) is 2.33. The zero-order valence-corrected chi connectivity index (χ0v) is 13.2. The Morgan fingerprint density at radius 2 is 2.04 bits per heavy atom. The number of nitrogens with one attached hydrogen (secondary N) is 1. The van der Waals surface area contributed by atoms with Crippen molar-refractivity contribution in [2.24, 2.45) is 0 Å². The van der Waals surface area contributed by atoms with E-state index in [2.05, 4.69) is 20.8 Å². The van der Waals surface area contributed by atoms with Gasteiger partial charge < -0.3 is 10.1 Å². The van der Waals surface area contributed by atoms with Crippen LogP contribution in [0.1, 0.15) is 18.6 Å². The topological polar surface area (TPSA) is 81.9 Å². The van der Waals surface area contributed by atoms with Crippen LogP contribution in [0.5, 0.6) is 0 Å². The zero-order chi connectivity index (χ0) is 16.8. The quantitative estimate of drug-likeness (QED) is 0.753. The van der Waals surface area contributed by atoms with E-state index in [1.54, 1.807) is 12.1 Å². The minimum atomic E-state index is -0.659. The predicted octanol–water partition coefficient (Wildman–Crippen LogP) is 2.38. The molecule has 7 heteroatoms. The van der Waals surface area contributed by atoms with Crippen molar-refractivity contribution >= 4 is 11.6 Å². The molecule has 3 rings (SSSR count). The van der Waals surface area contributed by atoms with Crippen LogP contribution < -0.4 is 5.32 Å². The Bertz CT molecular complexity index is 790. The Balaban J connectivity index is 1.79. The average molecular weight is 323 g/mol. The van der Waals surface area contributed by atoms with E-state index in [4.69, 9.17) is 4.74 Å². The molecule has 0 saturated heterocycles. The van der Waals surface area contributed by atoms with E-state index < -0.39 is 6.10 Å². The zero-order valence-electron chi connectivity index (χ0n) is 13.2. The first-order chi connectivity index (χ1) is 11.8. The number of benzene rings is 2. The molecule has 122 valence electrons. The Kier molecular flexibility index (Phi) is 4.93. The van der Waals surface area contributed by atoms with Crippen LogP contribution in [0.2, 0.25) is 0 Å². The molecular weight excluding hydrogens is 306 g/mol. The fourth-order valence-corrected chi connectivity index (χ4v) is 2.33. The highest BCUT2D eigenvalue weighted by atomic mass is 16.5. The number of hydrogen-bond donors (Lipinski definition) is 1. The van der Waals surface area contributed by atoms with E-state index in [-0.39, 0.29) is 5.91 Å². The number of tetrazole rings is 1. The van der Waals surface area contributed by atoms with E-state index >= 15 is 0 Å². The normalized spacial score (nSPS) is 11.9. The van der Waals surface area contributed by atoms with Gasteiger partial charge in [-0.3, -0.25) is 4.79 Å². The lowest BCUT2D eigenvalue weighted by Gasteiger charge is -2.17. The maximum Gasteiger partial charge on any atom is 0.258 e. The molecule has 1 heterocycles. The summed E-state index contributed by atoms with van der Waals surface area (Å²) in [5, 5.41) is 13.9. The van der Waals surface area contributed by atoms with Crippen LogP contribution in [0.4, 0.5) is 5.69 Å². The molecule has 0 bridgehead atoms. The molecule has 0 saturated carbocycles. The summed E-state index contributed by atoms with van der Waals surface area (Å²) in [6.45, 7) is 2.30. The van der Waals surface area contributed by atoms with Crippen molar-refractivity contribution in [1.29, 1.82) is 0 Å². The molecule has 1 aromatic heterocycles. The molecule has 0 spiro atoms. The molecule has 2 aromatic carbocycles. The molecule has 0 fully saturated rings. The van der Waals surface area contributed by atoms with Crippen molar-refractivity contribution in [3.8, 4) is 5.69 Å². The minimum Gasteiger partial charge on any atom is -0.364 e. The van der Waals surface area contributed by atoms with Gasteiger partial charge in [0, 0.05) is 12.3 Å². The highest BCUT2D eigenvalue weighted by Gasteiger charge is 2.20. The lowest BCUT2D eigenvalue weighted by atomic mass is 10.1. The second kappa shape index (κ2) is 7.47. The van der Waals surface area contributed by atoms with Crippen LogP contribution in [0.3, 0.4) is 0 Å². The molecule has 0 radical (unpaired) electrons. The van der Waals surface area contributed by atoms with E-state index in [1.807, 2.05) is 49.4 Å². The van der Waals surface area contributed by atoms with Crippen LogP contribution in [0.15, 0.2) is 60.9 Å². The molecule has 0 aliphatic carbocycles. The smallest absolute Gasteiger partial charge is 0.258 e. The van der Waals surface area contributed by atoms with E-state index in [0.29, 0.717) is 12.3 Å². The lowest BCUT2D eigenvalue weighted by Crippen LogP contribution is -2.23. The summed E-state index contributed by atoms with van der Waals surface area (Å²) in [7, 11) is 0. The molecule has 0 aliphatic rings. The number of aromatic nitrogens is 4. The molecule has 0 aliphatic heterocycles. The molecular formula is C17H17N5O2. The first kappa shape index (κ1) is 15.8. The maximum atomic E-state index is 12.6. The Labute approximate surface area is 139 Å². The first-order valence-corrected chi connectivity index (χ1v) is 7.59. The van der Waals surface area contributed by atoms with Crippen LogP contribution in [0, 0.1) is 0 Å². The van der Waals surface area contributed by atoms with E-state index in [9.17, 15) is 4.79 Å². The summed E-state index contributed by atoms with van der Waals surface area (Å²) in [5.41, 5.74) is 2.22. The van der Waals surface area contributed by atoms with Gasteiger partial charge in [-0.05, 0) is 41.1 Å². The second-order valence-electron chi connectivity index (χ2n) is 5.04. The van der Waals surface area contributed by atoms with Gasteiger partial charge in [-0.15, -0.1) is 5.10 Å². The standard InChI is InChI=1S/C17H17N5O2/c1-2-24-16(13-7-4-3-5-8-13)17(23)19-14-9-6-10-15(11-14)22-12-18-20-21-22/h3-12,16H,2H2,1H3,(H,19,23)/t16-/m0/s1. The highest BCUT2D eigenvalue weighted by molar-refractivity contribution is 5.95. The van der Waals surface area contributed by atoms with E-state index in [1.165, 1.54) is 11.0 Å². The SMILES string of the molecule is CCO[C@H](C(=O)Nc1cccc(-n2cnnn2)c1)c1ccccc1. The summed E-state index contributed by atoms with van der Waals surface area (Å²) >= 11 is 0. The van der Waals surface area contributed by atoms with Gasteiger partial charge >= 0.3 is 0 Å². The molecule has 1 N–H and O–H groups in total. The Morgan fingerprint density at radius 3 is 2.75 bits per heavy atom. The third kappa shape index (κ3) is 3.64. The largest absolute Gasteiger partial charge is 0.364 e. The monoisotopic (exact) mass is 323 g/mol.